The molecule has 0 spiro atoms. The molecule has 0 aliphatic heterocycles. The van der Waals surface area contributed by atoms with Crippen LogP contribution in [0.4, 0.5) is 0 Å². The molecule has 0 radical (unpaired) electrons. The van der Waals surface area contributed by atoms with E-state index in [9.17, 15) is 4.79 Å². The van der Waals surface area contributed by atoms with E-state index in [-0.39, 0.29) is 17.4 Å². The van der Waals surface area contributed by atoms with Crippen molar-refractivity contribution in [2.45, 2.75) is 45.1 Å². The number of methoxy groups -OCH3 is 1. The normalized spacial score (nSPS) is 18.4. The molecule has 0 aromatic heterocycles. The van der Waals surface area contributed by atoms with Crippen LogP contribution in [0.15, 0.2) is 24.3 Å². The Labute approximate surface area is 133 Å². The molecule has 1 aromatic rings. The molecule has 1 aliphatic carbocycles. The minimum Gasteiger partial charge on any atom is -0.496 e. The Kier molecular flexibility index (Phi) is 5.46. The molecular formula is C18H28N2O2. The SMILES string of the molecule is COc1ccccc1CC(C)CC(=O)NC(C)(CN)C1CC1. The maximum atomic E-state index is 12.3. The van der Waals surface area contributed by atoms with E-state index in [1.165, 1.54) is 12.8 Å². The van der Waals surface area contributed by atoms with Crippen molar-refractivity contribution in [1.82, 2.24) is 5.32 Å². The van der Waals surface area contributed by atoms with Crippen molar-refractivity contribution in [1.29, 1.82) is 0 Å². The minimum absolute atomic E-state index is 0.0993. The van der Waals surface area contributed by atoms with Gasteiger partial charge in [0.25, 0.3) is 0 Å². The summed E-state index contributed by atoms with van der Waals surface area (Å²) >= 11 is 0. The summed E-state index contributed by atoms with van der Waals surface area (Å²) in [5.74, 6) is 1.80. The van der Waals surface area contributed by atoms with Gasteiger partial charge >= 0.3 is 0 Å². The van der Waals surface area contributed by atoms with Gasteiger partial charge in [0.2, 0.25) is 5.91 Å². The molecule has 122 valence electrons. The third kappa shape index (κ3) is 4.23. The fourth-order valence-electron chi connectivity index (χ4n) is 3.05. The first-order valence-electron chi connectivity index (χ1n) is 8.11. The highest BCUT2D eigenvalue weighted by Crippen LogP contribution is 2.39. The molecule has 4 heteroatoms. The van der Waals surface area contributed by atoms with E-state index >= 15 is 0 Å². The second-order valence-corrected chi connectivity index (χ2v) is 6.77. The molecule has 22 heavy (non-hydrogen) atoms. The summed E-state index contributed by atoms with van der Waals surface area (Å²) in [6, 6.07) is 7.98. The van der Waals surface area contributed by atoms with Crippen LogP contribution in [0.2, 0.25) is 0 Å². The number of benzene rings is 1. The molecule has 1 amide bonds. The number of nitrogens with two attached hydrogens (primary N) is 1. The molecule has 1 aromatic carbocycles. The van der Waals surface area contributed by atoms with E-state index in [0.29, 0.717) is 18.9 Å². The van der Waals surface area contributed by atoms with Gasteiger partial charge in [0, 0.05) is 13.0 Å². The minimum atomic E-state index is -0.235. The maximum Gasteiger partial charge on any atom is 0.220 e. The van der Waals surface area contributed by atoms with Crippen LogP contribution in [-0.2, 0) is 11.2 Å². The molecule has 0 heterocycles. The third-order valence-corrected chi connectivity index (χ3v) is 4.62. The maximum absolute atomic E-state index is 12.3. The second kappa shape index (κ2) is 7.14. The zero-order chi connectivity index (χ0) is 16.2. The summed E-state index contributed by atoms with van der Waals surface area (Å²) in [5, 5.41) is 3.16. The number of para-hydroxylation sites is 1. The van der Waals surface area contributed by atoms with E-state index < -0.39 is 0 Å². The van der Waals surface area contributed by atoms with Crippen molar-refractivity contribution in [2.75, 3.05) is 13.7 Å². The highest BCUT2D eigenvalue weighted by atomic mass is 16.5. The quantitative estimate of drug-likeness (QED) is 0.775. The molecule has 1 saturated carbocycles. The molecule has 2 atom stereocenters. The Balaban J connectivity index is 1.88. The fraction of sp³-hybridized carbons (Fsp3) is 0.611. The molecule has 0 bridgehead atoms. The molecule has 4 nitrogen and oxygen atoms in total. The van der Waals surface area contributed by atoms with Crippen LogP contribution in [0.3, 0.4) is 0 Å². The van der Waals surface area contributed by atoms with Gasteiger partial charge in [0.15, 0.2) is 0 Å². The van der Waals surface area contributed by atoms with E-state index in [4.69, 9.17) is 10.5 Å². The van der Waals surface area contributed by atoms with Crippen molar-refractivity contribution in [3.63, 3.8) is 0 Å². The zero-order valence-electron chi connectivity index (χ0n) is 13.9. The largest absolute Gasteiger partial charge is 0.496 e. The Morgan fingerprint density at radius 1 is 1.45 bits per heavy atom. The van der Waals surface area contributed by atoms with Gasteiger partial charge in [0.05, 0.1) is 12.6 Å². The summed E-state index contributed by atoms with van der Waals surface area (Å²) in [6.07, 6.45) is 3.69. The topological polar surface area (TPSA) is 64.3 Å². The van der Waals surface area contributed by atoms with Crippen molar-refractivity contribution in [3.8, 4) is 5.75 Å². The lowest BCUT2D eigenvalue weighted by atomic mass is 9.93. The fourth-order valence-corrected chi connectivity index (χ4v) is 3.05. The second-order valence-electron chi connectivity index (χ2n) is 6.77. The standard InChI is InChI=1S/C18H28N2O2/c1-13(10-14-6-4-5-7-16(14)22-3)11-17(21)20-18(2,12-19)15-8-9-15/h4-7,13,15H,8-12,19H2,1-3H3,(H,20,21). The van der Waals surface area contributed by atoms with Gasteiger partial charge in [0.1, 0.15) is 5.75 Å². The first-order chi connectivity index (χ1) is 10.5. The highest BCUT2D eigenvalue weighted by Gasteiger charge is 2.41. The van der Waals surface area contributed by atoms with E-state index in [1.807, 2.05) is 18.2 Å². The molecule has 0 saturated heterocycles. The summed E-state index contributed by atoms with van der Waals surface area (Å²) < 4.78 is 5.37. The molecular weight excluding hydrogens is 276 g/mol. The number of carbonyl (C=O) groups excluding carboxylic acids is 1. The third-order valence-electron chi connectivity index (χ3n) is 4.62. The van der Waals surface area contributed by atoms with Crippen molar-refractivity contribution >= 4 is 5.91 Å². The Hall–Kier alpha value is -1.55. The summed E-state index contributed by atoms with van der Waals surface area (Å²) in [6.45, 7) is 4.67. The Bertz CT molecular complexity index is 514. The van der Waals surface area contributed by atoms with Crippen molar-refractivity contribution in [3.05, 3.63) is 29.8 Å². The number of carbonyl (C=O) groups is 1. The van der Waals surface area contributed by atoms with E-state index in [0.717, 1.165) is 17.7 Å². The summed E-state index contributed by atoms with van der Waals surface area (Å²) in [5.41, 5.74) is 6.77. The number of rotatable bonds is 8. The van der Waals surface area contributed by atoms with Gasteiger partial charge in [-0.05, 0) is 49.7 Å². The van der Waals surface area contributed by atoms with Gasteiger partial charge in [-0.3, -0.25) is 4.79 Å². The van der Waals surface area contributed by atoms with Gasteiger partial charge in [-0.2, -0.15) is 0 Å². The lowest BCUT2D eigenvalue weighted by Gasteiger charge is -2.30. The average molecular weight is 304 g/mol. The number of hydrogen-bond acceptors (Lipinski definition) is 3. The van der Waals surface area contributed by atoms with Gasteiger partial charge < -0.3 is 15.8 Å². The molecule has 3 N–H and O–H groups in total. The predicted octanol–water partition coefficient (Wildman–Crippen LogP) is 2.51. The highest BCUT2D eigenvalue weighted by molar-refractivity contribution is 5.77. The van der Waals surface area contributed by atoms with Crippen LogP contribution in [0.25, 0.3) is 0 Å². The van der Waals surface area contributed by atoms with Crippen LogP contribution in [0, 0.1) is 11.8 Å². The first kappa shape index (κ1) is 16.8. The zero-order valence-corrected chi connectivity index (χ0v) is 13.9. The van der Waals surface area contributed by atoms with Crippen LogP contribution in [-0.4, -0.2) is 25.1 Å². The lowest BCUT2D eigenvalue weighted by Crippen LogP contribution is -2.53. The van der Waals surface area contributed by atoms with Crippen molar-refractivity contribution in [2.24, 2.45) is 17.6 Å². The van der Waals surface area contributed by atoms with Crippen LogP contribution < -0.4 is 15.8 Å². The molecule has 2 unspecified atom stereocenters. The molecule has 1 fully saturated rings. The molecule has 2 rings (SSSR count). The van der Waals surface area contributed by atoms with Gasteiger partial charge in [-0.25, -0.2) is 0 Å². The number of amides is 1. The van der Waals surface area contributed by atoms with Crippen LogP contribution in [0.1, 0.15) is 38.7 Å². The van der Waals surface area contributed by atoms with Gasteiger partial charge in [-0.15, -0.1) is 0 Å². The lowest BCUT2D eigenvalue weighted by molar-refractivity contribution is -0.123. The number of nitrogens with one attached hydrogen (secondary N) is 1. The summed E-state index contributed by atoms with van der Waals surface area (Å²) in [4.78, 5) is 12.3. The summed E-state index contributed by atoms with van der Waals surface area (Å²) in [7, 11) is 1.68. The average Bonchev–Trinajstić information content (AvgIpc) is 3.32. The Morgan fingerprint density at radius 2 is 2.14 bits per heavy atom. The number of ether oxygens (including phenoxy) is 1. The van der Waals surface area contributed by atoms with E-state index in [1.54, 1.807) is 7.11 Å². The monoisotopic (exact) mass is 304 g/mol. The smallest absolute Gasteiger partial charge is 0.220 e. The van der Waals surface area contributed by atoms with Crippen LogP contribution in [0.5, 0.6) is 5.75 Å². The molecule has 1 aliphatic rings. The van der Waals surface area contributed by atoms with Gasteiger partial charge in [-0.1, -0.05) is 25.1 Å². The Morgan fingerprint density at radius 3 is 2.73 bits per heavy atom. The van der Waals surface area contributed by atoms with E-state index in [2.05, 4.69) is 25.2 Å². The number of hydrogen-bond donors (Lipinski definition) is 2. The van der Waals surface area contributed by atoms with Crippen molar-refractivity contribution < 1.29 is 9.53 Å². The predicted molar refractivity (Wildman–Crippen MR) is 88.8 cm³/mol. The first-order valence-corrected chi connectivity index (χ1v) is 8.11. The van der Waals surface area contributed by atoms with Crippen LogP contribution >= 0.6 is 0 Å².